The molecule has 6 nitrogen and oxygen atoms in total. The zero-order valence-corrected chi connectivity index (χ0v) is 14.0. The Morgan fingerprint density at radius 3 is 2.78 bits per heavy atom. The predicted molar refractivity (Wildman–Crippen MR) is 87.1 cm³/mol. The van der Waals surface area contributed by atoms with Crippen LogP contribution in [0.3, 0.4) is 0 Å². The number of carbonyl (C=O) groups excluding carboxylic acids is 1. The van der Waals surface area contributed by atoms with Crippen LogP contribution < -0.4 is 9.64 Å². The average Bonchev–Trinajstić information content (AvgIpc) is 2.58. The lowest BCUT2D eigenvalue weighted by atomic mass is 10.2. The third kappa shape index (κ3) is 5.11. The van der Waals surface area contributed by atoms with Crippen molar-refractivity contribution in [1.82, 2.24) is 0 Å². The zero-order chi connectivity index (χ0) is 16.7. The first-order chi connectivity index (χ1) is 11.1. The molecule has 1 unspecified atom stereocenters. The Labute approximate surface area is 137 Å². The molecule has 1 aliphatic heterocycles. The van der Waals surface area contributed by atoms with Crippen molar-refractivity contribution in [1.29, 1.82) is 0 Å². The maximum Gasteiger partial charge on any atom is 0.337 e. The fourth-order valence-electron chi connectivity index (χ4n) is 2.42. The van der Waals surface area contributed by atoms with Gasteiger partial charge in [0.15, 0.2) is 6.29 Å². The molecule has 6 heteroatoms. The molecule has 1 heterocycles. The maximum atomic E-state index is 11.7. The van der Waals surface area contributed by atoms with Gasteiger partial charge >= 0.3 is 5.97 Å². The van der Waals surface area contributed by atoms with Crippen LogP contribution in [-0.4, -0.2) is 53.3 Å². The maximum absolute atomic E-state index is 11.7. The van der Waals surface area contributed by atoms with E-state index in [2.05, 4.69) is 0 Å². The van der Waals surface area contributed by atoms with Crippen molar-refractivity contribution in [2.24, 2.45) is 0 Å². The zero-order valence-electron chi connectivity index (χ0n) is 14.0. The van der Waals surface area contributed by atoms with Crippen molar-refractivity contribution in [3.05, 3.63) is 23.8 Å². The first-order valence-corrected chi connectivity index (χ1v) is 7.87. The molecule has 128 valence electrons. The molecule has 0 aromatic heterocycles. The van der Waals surface area contributed by atoms with Gasteiger partial charge in [-0.1, -0.05) is 0 Å². The van der Waals surface area contributed by atoms with E-state index in [9.17, 15) is 4.79 Å². The van der Waals surface area contributed by atoms with Crippen molar-refractivity contribution >= 4 is 11.7 Å². The van der Waals surface area contributed by atoms with Gasteiger partial charge in [-0.3, -0.25) is 0 Å². The third-order valence-electron chi connectivity index (χ3n) is 3.65. The van der Waals surface area contributed by atoms with Crippen LogP contribution in [0.4, 0.5) is 5.69 Å². The number of anilines is 1. The van der Waals surface area contributed by atoms with Crippen LogP contribution in [0.2, 0.25) is 0 Å². The van der Waals surface area contributed by atoms with E-state index >= 15 is 0 Å². The summed E-state index contributed by atoms with van der Waals surface area (Å²) >= 11 is 0. The lowest BCUT2D eigenvalue weighted by Gasteiger charge is -2.23. The molecular formula is C17H25NO5. The average molecular weight is 323 g/mol. The molecule has 1 aliphatic rings. The smallest absolute Gasteiger partial charge is 0.337 e. The molecule has 0 saturated carbocycles. The Bertz CT molecular complexity index is 512. The Morgan fingerprint density at radius 1 is 1.30 bits per heavy atom. The lowest BCUT2D eigenvalue weighted by molar-refractivity contribution is -0.165. The highest BCUT2D eigenvalue weighted by Crippen LogP contribution is 2.28. The van der Waals surface area contributed by atoms with Gasteiger partial charge in [0.2, 0.25) is 0 Å². The SMILES string of the molecule is COC(=O)c1ccc(N(C)C)c(OCCOC2CCCCO2)c1. The molecule has 23 heavy (non-hydrogen) atoms. The molecule has 1 aromatic carbocycles. The summed E-state index contributed by atoms with van der Waals surface area (Å²) in [5.74, 6) is 0.248. The Kier molecular flexibility index (Phi) is 6.67. The second-order valence-electron chi connectivity index (χ2n) is 5.58. The Morgan fingerprint density at radius 2 is 2.13 bits per heavy atom. The lowest BCUT2D eigenvalue weighted by Crippen LogP contribution is -2.24. The third-order valence-corrected chi connectivity index (χ3v) is 3.65. The largest absolute Gasteiger partial charge is 0.489 e. The van der Waals surface area contributed by atoms with Crippen LogP contribution in [0.5, 0.6) is 5.75 Å². The molecule has 1 saturated heterocycles. The quantitative estimate of drug-likeness (QED) is 0.567. The minimum atomic E-state index is -0.382. The van der Waals surface area contributed by atoms with E-state index in [-0.39, 0.29) is 12.3 Å². The monoisotopic (exact) mass is 323 g/mol. The van der Waals surface area contributed by atoms with Crippen molar-refractivity contribution in [2.75, 3.05) is 45.9 Å². The molecular weight excluding hydrogens is 298 g/mol. The second kappa shape index (κ2) is 8.74. The van der Waals surface area contributed by atoms with Gasteiger partial charge in [-0.15, -0.1) is 0 Å². The van der Waals surface area contributed by atoms with Crippen LogP contribution in [0, 0.1) is 0 Å². The number of esters is 1. The Hall–Kier alpha value is -1.79. The van der Waals surface area contributed by atoms with Crippen LogP contribution in [0.15, 0.2) is 18.2 Å². The standard InChI is InChI=1S/C17H25NO5/c1-18(2)14-8-7-13(17(19)20-3)12-15(14)21-10-11-23-16-6-4-5-9-22-16/h7-8,12,16H,4-6,9-11H2,1-3H3. The van der Waals surface area contributed by atoms with Crippen molar-refractivity contribution < 1.29 is 23.7 Å². The van der Waals surface area contributed by atoms with Gasteiger partial charge in [-0.25, -0.2) is 4.79 Å². The summed E-state index contributed by atoms with van der Waals surface area (Å²) in [6.07, 6.45) is 3.04. The first kappa shape index (κ1) is 17.6. The van der Waals surface area contributed by atoms with Crippen LogP contribution >= 0.6 is 0 Å². The number of benzene rings is 1. The molecule has 0 aliphatic carbocycles. The van der Waals surface area contributed by atoms with Crippen molar-refractivity contribution in [2.45, 2.75) is 25.6 Å². The molecule has 1 aromatic rings. The minimum absolute atomic E-state index is 0.123. The topological polar surface area (TPSA) is 57.2 Å². The molecule has 0 N–H and O–H groups in total. The number of nitrogens with zero attached hydrogens (tertiary/aromatic N) is 1. The fourth-order valence-corrected chi connectivity index (χ4v) is 2.42. The van der Waals surface area contributed by atoms with Gasteiger partial charge in [0.1, 0.15) is 12.4 Å². The summed E-state index contributed by atoms with van der Waals surface area (Å²) in [6.45, 7) is 1.60. The van der Waals surface area contributed by atoms with Crippen molar-refractivity contribution in [3.63, 3.8) is 0 Å². The highest BCUT2D eigenvalue weighted by Gasteiger charge is 2.15. The fraction of sp³-hybridized carbons (Fsp3) is 0.588. The highest BCUT2D eigenvalue weighted by molar-refractivity contribution is 5.90. The molecule has 2 rings (SSSR count). The summed E-state index contributed by atoms with van der Waals surface area (Å²) in [6, 6.07) is 5.26. The van der Waals surface area contributed by atoms with E-state index in [0.29, 0.717) is 24.5 Å². The first-order valence-electron chi connectivity index (χ1n) is 7.87. The van der Waals surface area contributed by atoms with Crippen LogP contribution in [0.1, 0.15) is 29.6 Å². The van der Waals surface area contributed by atoms with Gasteiger partial charge in [0.05, 0.1) is 25.0 Å². The molecule has 0 bridgehead atoms. The summed E-state index contributed by atoms with van der Waals surface area (Å²) in [4.78, 5) is 13.6. The van der Waals surface area contributed by atoms with E-state index in [1.165, 1.54) is 7.11 Å². The number of hydrogen-bond acceptors (Lipinski definition) is 6. The predicted octanol–water partition coefficient (Wildman–Crippen LogP) is 2.46. The number of rotatable bonds is 7. The summed E-state index contributed by atoms with van der Waals surface area (Å²) < 4.78 is 21.7. The van der Waals surface area contributed by atoms with E-state index in [1.54, 1.807) is 12.1 Å². The van der Waals surface area contributed by atoms with E-state index in [0.717, 1.165) is 31.6 Å². The summed E-state index contributed by atoms with van der Waals surface area (Å²) in [5.41, 5.74) is 1.36. The van der Waals surface area contributed by atoms with Crippen LogP contribution in [0.25, 0.3) is 0 Å². The molecule has 1 fully saturated rings. The van der Waals surface area contributed by atoms with Crippen molar-refractivity contribution in [3.8, 4) is 5.75 Å². The van der Waals surface area contributed by atoms with Gasteiger partial charge in [0, 0.05) is 20.7 Å². The minimum Gasteiger partial charge on any atom is -0.489 e. The summed E-state index contributed by atoms with van der Waals surface area (Å²) in [7, 11) is 5.21. The van der Waals surface area contributed by atoms with Gasteiger partial charge in [-0.05, 0) is 37.5 Å². The van der Waals surface area contributed by atoms with E-state index in [1.807, 2.05) is 25.1 Å². The Balaban J connectivity index is 1.92. The second-order valence-corrected chi connectivity index (χ2v) is 5.58. The molecule has 0 amide bonds. The van der Waals surface area contributed by atoms with E-state index < -0.39 is 0 Å². The number of carbonyl (C=O) groups is 1. The number of methoxy groups -OCH3 is 1. The number of hydrogen-bond donors (Lipinski definition) is 0. The summed E-state index contributed by atoms with van der Waals surface area (Å²) in [5, 5.41) is 0. The van der Waals surface area contributed by atoms with Gasteiger partial charge < -0.3 is 23.8 Å². The molecule has 1 atom stereocenters. The normalized spacial score (nSPS) is 17.6. The highest BCUT2D eigenvalue weighted by atomic mass is 16.7. The van der Waals surface area contributed by atoms with Gasteiger partial charge in [-0.2, -0.15) is 0 Å². The number of ether oxygens (including phenoxy) is 4. The van der Waals surface area contributed by atoms with Crippen LogP contribution in [-0.2, 0) is 14.2 Å². The van der Waals surface area contributed by atoms with Gasteiger partial charge in [0.25, 0.3) is 0 Å². The van der Waals surface area contributed by atoms with E-state index in [4.69, 9.17) is 18.9 Å². The molecule has 0 spiro atoms. The molecule has 0 radical (unpaired) electrons.